The van der Waals surface area contributed by atoms with Gasteiger partial charge in [0, 0.05) is 11.1 Å². The SMILES string of the molecule is CCOC(=O)COc1ccc([C@H]2C(C(=O)OCC)=C(C)N[C@H]3S/C(=C\c4ccc(OC)c5ccccc45)C(=O)N23)cc1OC. The van der Waals surface area contributed by atoms with Gasteiger partial charge in [0.15, 0.2) is 23.6 Å². The minimum atomic E-state index is -0.785. The van der Waals surface area contributed by atoms with Crippen LogP contribution in [0.25, 0.3) is 16.8 Å². The normalized spacial score (nSPS) is 18.6. The number of allylic oxidation sites excluding steroid dienone is 1. The number of benzene rings is 3. The zero-order valence-electron chi connectivity index (χ0n) is 25.2. The first kappa shape index (κ1) is 30.8. The molecule has 11 heteroatoms. The van der Waals surface area contributed by atoms with E-state index in [1.807, 2.05) is 42.5 Å². The van der Waals surface area contributed by atoms with Gasteiger partial charge in [0.05, 0.1) is 44.0 Å². The van der Waals surface area contributed by atoms with Crippen molar-refractivity contribution in [2.24, 2.45) is 0 Å². The van der Waals surface area contributed by atoms with E-state index >= 15 is 0 Å². The molecule has 2 aliphatic rings. The van der Waals surface area contributed by atoms with Crippen LogP contribution in [0.5, 0.6) is 17.2 Å². The Kier molecular flexibility index (Phi) is 9.34. The van der Waals surface area contributed by atoms with Crippen LogP contribution in [-0.2, 0) is 23.9 Å². The van der Waals surface area contributed by atoms with Gasteiger partial charge in [0.25, 0.3) is 5.91 Å². The monoisotopic (exact) mass is 618 g/mol. The molecule has 5 rings (SSSR count). The fraction of sp³-hybridized carbons (Fsp3) is 0.303. The van der Waals surface area contributed by atoms with Gasteiger partial charge in [-0.2, -0.15) is 0 Å². The van der Waals surface area contributed by atoms with Gasteiger partial charge in [0.1, 0.15) is 5.75 Å². The molecule has 0 aliphatic carbocycles. The van der Waals surface area contributed by atoms with E-state index in [2.05, 4.69) is 5.32 Å². The van der Waals surface area contributed by atoms with Crippen molar-refractivity contribution < 1.29 is 38.1 Å². The second-order valence-electron chi connectivity index (χ2n) is 9.90. The molecule has 230 valence electrons. The Morgan fingerprint density at radius 3 is 2.34 bits per heavy atom. The van der Waals surface area contributed by atoms with Crippen LogP contribution < -0.4 is 19.5 Å². The number of nitrogens with zero attached hydrogens (tertiary/aromatic N) is 1. The predicted molar refractivity (Wildman–Crippen MR) is 167 cm³/mol. The van der Waals surface area contributed by atoms with Gasteiger partial charge in [-0.1, -0.05) is 48.2 Å². The molecule has 3 aromatic rings. The summed E-state index contributed by atoms with van der Waals surface area (Å²) in [5, 5.41) is 5.22. The third-order valence-corrected chi connectivity index (χ3v) is 8.42. The fourth-order valence-corrected chi connectivity index (χ4v) is 6.58. The van der Waals surface area contributed by atoms with Crippen LogP contribution in [0.4, 0.5) is 0 Å². The number of hydrogen-bond acceptors (Lipinski definition) is 10. The maximum atomic E-state index is 14.2. The van der Waals surface area contributed by atoms with Crippen LogP contribution in [0.1, 0.15) is 37.9 Å². The highest BCUT2D eigenvalue weighted by Crippen LogP contribution is 2.48. The summed E-state index contributed by atoms with van der Waals surface area (Å²) in [6.07, 6.45) is 1.87. The van der Waals surface area contributed by atoms with Crippen LogP contribution in [0.3, 0.4) is 0 Å². The Balaban J connectivity index is 1.55. The summed E-state index contributed by atoms with van der Waals surface area (Å²) in [6, 6.07) is 16.0. The molecule has 44 heavy (non-hydrogen) atoms. The van der Waals surface area contributed by atoms with Crippen LogP contribution >= 0.6 is 11.8 Å². The molecule has 0 radical (unpaired) electrons. The summed E-state index contributed by atoms with van der Waals surface area (Å²) in [5.41, 5.74) is 1.92. The maximum Gasteiger partial charge on any atom is 0.344 e. The van der Waals surface area contributed by atoms with Gasteiger partial charge in [-0.05, 0) is 61.6 Å². The number of amides is 1. The second kappa shape index (κ2) is 13.3. The number of fused-ring (bicyclic) bond motifs is 2. The fourth-order valence-electron chi connectivity index (χ4n) is 5.37. The average Bonchev–Trinajstić information content (AvgIpc) is 3.33. The molecule has 1 amide bonds. The lowest BCUT2D eigenvalue weighted by Crippen LogP contribution is -2.50. The number of methoxy groups -OCH3 is 2. The lowest BCUT2D eigenvalue weighted by molar-refractivity contribution is -0.145. The molecule has 0 saturated carbocycles. The van der Waals surface area contributed by atoms with Gasteiger partial charge in [-0.3, -0.25) is 9.69 Å². The highest BCUT2D eigenvalue weighted by atomic mass is 32.2. The van der Waals surface area contributed by atoms with Crippen molar-refractivity contribution >= 4 is 46.5 Å². The molecule has 0 bridgehead atoms. The highest BCUT2D eigenvalue weighted by molar-refractivity contribution is 8.05. The molecule has 0 unspecified atom stereocenters. The van der Waals surface area contributed by atoms with Gasteiger partial charge in [-0.15, -0.1) is 0 Å². The number of rotatable bonds is 10. The molecule has 1 fully saturated rings. The van der Waals surface area contributed by atoms with Crippen molar-refractivity contribution in [3.05, 3.63) is 81.9 Å². The van der Waals surface area contributed by atoms with E-state index < -0.39 is 23.5 Å². The first-order chi connectivity index (χ1) is 21.3. The Morgan fingerprint density at radius 2 is 1.64 bits per heavy atom. The first-order valence-electron chi connectivity index (χ1n) is 14.2. The molecule has 1 N–H and O–H groups in total. The third kappa shape index (κ3) is 5.92. The van der Waals surface area contributed by atoms with E-state index in [1.54, 1.807) is 51.0 Å². The molecule has 0 aromatic heterocycles. The first-order valence-corrected chi connectivity index (χ1v) is 15.1. The minimum absolute atomic E-state index is 0.175. The van der Waals surface area contributed by atoms with Crippen molar-refractivity contribution in [2.75, 3.05) is 34.0 Å². The van der Waals surface area contributed by atoms with E-state index in [0.717, 1.165) is 22.1 Å². The molecule has 2 heterocycles. The largest absolute Gasteiger partial charge is 0.496 e. The lowest BCUT2D eigenvalue weighted by atomic mass is 9.93. The predicted octanol–water partition coefficient (Wildman–Crippen LogP) is 5.18. The highest BCUT2D eigenvalue weighted by Gasteiger charge is 2.48. The summed E-state index contributed by atoms with van der Waals surface area (Å²) in [5.74, 6) is 0.124. The molecular weight excluding hydrogens is 584 g/mol. The number of esters is 2. The topological polar surface area (TPSA) is 113 Å². The number of carbonyl (C=O) groups excluding carboxylic acids is 3. The second-order valence-corrected chi connectivity index (χ2v) is 11.0. The molecular formula is C33H34N2O8S. The zero-order valence-corrected chi connectivity index (χ0v) is 26.0. The van der Waals surface area contributed by atoms with E-state index in [4.69, 9.17) is 23.7 Å². The number of carbonyl (C=O) groups is 3. The molecule has 2 aliphatic heterocycles. The zero-order chi connectivity index (χ0) is 31.4. The maximum absolute atomic E-state index is 14.2. The van der Waals surface area contributed by atoms with Crippen LogP contribution in [-0.4, -0.2) is 62.3 Å². The van der Waals surface area contributed by atoms with Crippen molar-refractivity contribution in [2.45, 2.75) is 32.3 Å². The molecule has 3 aromatic carbocycles. The number of nitrogens with one attached hydrogen (secondary N) is 1. The van der Waals surface area contributed by atoms with Crippen molar-refractivity contribution in [3.63, 3.8) is 0 Å². The smallest absolute Gasteiger partial charge is 0.344 e. The number of thioether (sulfide) groups is 1. The summed E-state index contributed by atoms with van der Waals surface area (Å²) < 4.78 is 27.2. The van der Waals surface area contributed by atoms with Gasteiger partial charge >= 0.3 is 11.9 Å². The summed E-state index contributed by atoms with van der Waals surface area (Å²) in [6.45, 7) is 5.37. The van der Waals surface area contributed by atoms with Gasteiger partial charge in [-0.25, -0.2) is 9.59 Å². The van der Waals surface area contributed by atoms with E-state index in [-0.39, 0.29) is 25.7 Å². The average molecular weight is 619 g/mol. The quantitative estimate of drug-likeness (QED) is 0.241. The third-order valence-electron chi connectivity index (χ3n) is 7.31. The summed E-state index contributed by atoms with van der Waals surface area (Å²) >= 11 is 1.38. The van der Waals surface area contributed by atoms with Crippen LogP contribution in [0.2, 0.25) is 0 Å². The molecule has 10 nitrogen and oxygen atoms in total. The van der Waals surface area contributed by atoms with E-state index in [1.165, 1.54) is 18.9 Å². The van der Waals surface area contributed by atoms with Crippen LogP contribution in [0, 0.1) is 0 Å². The van der Waals surface area contributed by atoms with E-state index in [9.17, 15) is 14.4 Å². The Bertz CT molecular complexity index is 1670. The number of ether oxygens (including phenoxy) is 5. The Labute approximate surface area is 259 Å². The van der Waals surface area contributed by atoms with Crippen molar-refractivity contribution in [3.8, 4) is 17.2 Å². The molecule has 1 saturated heterocycles. The Morgan fingerprint density at radius 1 is 0.932 bits per heavy atom. The summed E-state index contributed by atoms with van der Waals surface area (Å²) in [7, 11) is 3.11. The van der Waals surface area contributed by atoms with Crippen molar-refractivity contribution in [1.82, 2.24) is 10.2 Å². The lowest BCUT2D eigenvalue weighted by Gasteiger charge is -2.39. The van der Waals surface area contributed by atoms with E-state index in [0.29, 0.717) is 33.2 Å². The van der Waals surface area contributed by atoms with Gasteiger partial charge in [0.2, 0.25) is 0 Å². The molecule has 2 atom stereocenters. The van der Waals surface area contributed by atoms with Crippen LogP contribution in [0.15, 0.2) is 70.8 Å². The van der Waals surface area contributed by atoms with Crippen molar-refractivity contribution in [1.29, 1.82) is 0 Å². The Hall–Kier alpha value is -4.64. The summed E-state index contributed by atoms with van der Waals surface area (Å²) in [4.78, 5) is 41.5. The number of hydrogen-bond donors (Lipinski definition) is 1. The minimum Gasteiger partial charge on any atom is -0.496 e. The molecule has 0 spiro atoms. The van der Waals surface area contributed by atoms with Gasteiger partial charge < -0.3 is 29.0 Å². The standard InChI is InChI=1S/C33H34N2O8S/c1-6-41-28(36)18-43-25-15-13-21(16-26(25)40-5)30-29(32(38)42-7-2)19(3)34-33-35(30)31(37)27(44-33)17-20-12-14-24(39-4)23-11-9-8-10-22(20)23/h8-17,30,33-34H,6-7,18H2,1-5H3/b27-17-/t30-,33+/m0/s1.